The molecule has 1 atom stereocenters. The van der Waals surface area contributed by atoms with Gasteiger partial charge < -0.3 is 10.2 Å². The second-order valence-corrected chi connectivity index (χ2v) is 9.18. The van der Waals surface area contributed by atoms with Crippen molar-refractivity contribution >= 4 is 23.0 Å². The van der Waals surface area contributed by atoms with E-state index in [9.17, 15) is 26.3 Å². The lowest BCUT2D eigenvalue weighted by molar-refractivity contribution is -0.143. The number of benzene rings is 2. The molecule has 1 aliphatic rings. The second-order valence-electron chi connectivity index (χ2n) is 8.79. The van der Waals surface area contributed by atoms with Gasteiger partial charge in [-0.15, -0.1) is 0 Å². The summed E-state index contributed by atoms with van der Waals surface area (Å²) in [5, 5.41) is 2.70. The number of thiocarbonyl (C=S) groups is 1. The molecule has 1 fully saturated rings. The lowest BCUT2D eigenvalue weighted by atomic mass is 9.81. The zero-order valence-electron chi connectivity index (χ0n) is 17.2. The zero-order valence-corrected chi connectivity index (χ0v) is 18.0. The topological polar surface area (TPSA) is 15.3 Å². The lowest BCUT2D eigenvalue weighted by Gasteiger charge is -2.37. The summed E-state index contributed by atoms with van der Waals surface area (Å²) in [6.07, 6.45) is -9.14. The maximum Gasteiger partial charge on any atom is 0.416 e. The molecule has 2 nitrogen and oxygen atoms in total. The highest BCUT2D eigenvalue weighted by Crippen LogP contribution is 2.47. The average Bonchev–Trinajstić information content (AvgIpc) is 2.91. The highest BCUT2D eigenvalue weighted by atomic mass is 32.1. The molecule has 31 heavy (non-hydrogen) atoms. The molecule has 1 saturated heterocycles. The Morgan fingerprint density at radius 3 is 1.90 bits per heavy atom. The maximum absolute atomic E-state index is 13.2. The minimum absolute atomic E-state index is 0.0735. The van der Waals surface area contributed by atoms with Crippen LogP contribution in [0, 0.1) is 5.41 Å². The summed E-state index contributed by atoms with van der Waals surface area (Å²) in [6.45, 7) is 6.55. The highest BCUT2D eigenvalue weighted by molar-refractivity contribution is 7.80. The zero-order chi connectivity index (χ0) is 23.2. The Balaban J connectivity index is 1.98. The van der Waals surface area contributed by atoms with Crippen LogP contribution in [0.4, 0.5) is 32.0 Å². The van der Waals surface area contributed by atoms with Crippen molar-refractivity contribution in [2.45, 2.75) is 45.1 Å². The molecule has 2 aromatic carbocycles. The predicted octanol–water partition coefficient (Wildman–Crippen LogP) is 7.07. The van der Waals surface area contributed by atoms with Crippen LogP contribution in [0.25, 0.3) is 0 Å². The van der Waals surface area contributed by atoms with Crippen LogP contribution in [0.15, 0.2) is 48.5 Å². The van der Waals surface area contributed by atoms with E-state index in [1.54, 1.807) is 0 Å². The third-order valence-electron chi connectivity index (χ3n) is 5.48. The number of rotatable bonds is 2. The Kier molecular flexibility index (Phi) is 5.80. The number of nitrogens with zero attached hydrogens (tertiary/aromatic N) is 1. The van der Waals surface area contributed by atoms with E-state index in [0.717, 1.165) is 5.56 Å². The van der Waals surface area contributed by atoms with Gasteiger partial charge in [0, 0.05) is 12.2 Å². The van der Waals surface area contributed by atoms with Crippen LogP contribution in [-0.2, 0) is 17.9 Å². The van der Waals surface area contributed by atoms with Gasteiger partial charge in [-0.05, 0) is 54.7 Å². The standard InChI is InChI=1S/C22H22F6N2S/c1-19(2)12-20(3,14-7-5-4-6-8-14)30(13-19)18(31)29-17-10-15(21(23,24)25)9-16(11-17)22(26,27)28/h4-11H,12-13H2,1-3H3,(H,29,31)/t20-/m0/s1. The van der Waals surface area contributed by atoms with E-state index in [2.05, 4.69) is 5.32 Å². The van der Waals surface area contributed by atoms with Crippen LogP contribution in [0.3, 0.4) is 0 Å². The van der Waals surface area contributed by atoms with E-state index in [0.29, 0.717) is 25.1 Å². The molecule has 0 unspecified atom stereocenters. The van der Waals surface area contributed by atoms with Crippen molar-refractivity contribution in [1.29, 1.82) is 0 Å². The number of hydrogen-bond donors (Lipinski definition) is 1. The molecule has 1 N–H and O–H groups in total. The fourth-order valence-corrected chi connectivity index (χ4v) is 4.64. The largest absolute Gasteiger partial charge is 0.416 e. The molecule has 3 rings (SSSR count). The monoisotopic (exact) mass is 460 g/mol. The fourth-order valence-electron chi connectivity index (χ4n) is 4.25. The van der Waals surface area contributed by atoms with Crippen LogP contribution < -0.4 is 5.32 Å². The van der Waals surface area contributed by atoms with Gasteiger partial charge in [0.05, 0.1) is 16.7 Å². The van der Waals surface area contributed by atoms with Gasteiger partial charge >= 0.3 is 12.4 Å². The molecule has 1 heterocycles. The van der Waals surface area contributed by atoms with Crippen molar-refractivity contribution in [2.24, 2.45) is 5.41 Å². The van der Waals surface area contributed by atoms with Crippen molar-refractivity contribution in [3.05, 3.63) is 65.2 Å². The number of alkyl halides is 6. The first-order valence-electron chi connectivity index (χ1n) is 9.55. The molecule has 0 spiro atoms. The number of likely N-dealkylation sites (tertiary alicyclic amines) is 1. The van der Waals surface area contributed by atoms with Gasteiger partial charge in [-0.1, -0.05) is 44.2 Å². The van der Waals surface area contributed by atoms with E-state index >= 15 is 0 Å². The smallest absolute Gasteiger partial charge is 0.339 e. The molecule has 0 amide bonds. The molecular formula is C22H22F6N2S. The molecule has 0 aliphatic carbocycles. The Morgan fingerprint density at radius 2 is 1.42 bits per heavy atom. The van der Waals surface area contributed by atoms with E-state index in [4.69, 9.17) is 12.2 Å². The van der Waals surface area contributed by atoms with Gasteiger partial charge in [-0.3, -0.25) is 0 Å². The molecule has 1 aliphatic heterocycles. The molecule has 0 bridgehead atoms. The Morgan fingerprint density at radius 1 is 0.903 bits per heavy atom. The van der Waals surface area contributed by atoms with E-state index in [1.165, 1.54) is 0 Å². The van der Waals surface area contributed by atoms with Gasteiger partial charge in [0.2, 0.25) is 0 Å². The first kappa shape index (κ1) is 23.4. The van der Waals surface area contributed by atoms with Gasteiger partial charge in [0.25, 0.3) is 0 Å². The minimum Gasteiger partial charge on any atom is -0.339 e. The fraction of sp³-hybridized carbons (Fsp3) is 0.409. The van der Waals surface area contributed by atoms with Crippen molar-refractivity contribution in [2.75, 3.05) is 11.9 Å². The number of hydrogen-bond acceptors (Lipinski definition) is 1. The molecule has 0 aromatic heterocycles. The second kappa shape index (κ2) is 7.69. The highest BCUT2D eigenvalue weighted by Gasteiger charge is 2.48. The summed E-state index contributed by atoms with van der Waals surface area (Å²) < 4.78 is 79.1. The van der Waals surface area contributed by atoms with E-state index in [1.807, 2.05) is 56.0 Å². The third-order valence-corrected chi connectivity index (χ3v) is 5.81. The van der Waals surface area contributed by atoms with Gasteiger partial charge in [0.1, 0.15) is 0 Å². The molecule has 0 radical (unpaired) electrons. The summed E-state index contributed by atoms with van der Waals surface area (Å²) in [5.74, 6) is 0. The van der Waals surface area contributed by atoms with Crippen molar-refractivity contribution in [3.63, 3.8) is 0 Å². The van der Waals surface area contributed by atoms with Gasteiger partial charge in [-0.25, -0.2) is 0 Å². The maximum atomic E-state index is 13.2. The normalized spacial score (nSPS) is 21.3. The first-order chi connectivity index (χ1) is 14.1. The Hall–Kier alpha value is -2.29. The van der Waals surface area contributed by atoms with Crippen LogP contribution >= 0.6 is 12.2 Å². The number of nitrogens with one attached hydrogen (secondary N) is 1. The van der Waals surface area contributed by atoms with Crippen molar-refractivity contribution in [1.82, 2.24) is 4.90 Å². The summed E-state index contributed by atoms with van der Waals surface area (Å²) in [5.41, 5.74) is -2.90. The third kappa shape index (κ3) is 4.97. The lowest BCUT2D eigenvalue weighted by Crippen LogP contribution is -2.45. The molecular weight excluding hydrogens is 438 g/mol. The summed E-state index contributed by atoms with van der Waals surface area (Å²) >= 11 is 5.47. The molecule has 168 valence electrons. The van der Waals surface area contributed by atoms with Crippen LogP contribution in [0.5, 0.6) is 0 Å². The van der Waals surface area contributed by atoms with E-state index in [-0.39, 0.29) is 22.3 Å². The Labute approximate surface area is 182 Å². The van der Waals surface area contributed by atoms with Crippen molar-refractivity contribution < 1.29 is 26.3 Å². The van der Waals surface area contributed by atoms with E-state index < -0.39 is 29.0 Å². The van der Waals surface area contributed by atoms with Crippen LogP contribution in [0.1, 0.15) is 43.9 Å². The number of anilines is 1. The summed E-state index contributed by atoms with van der Waals surface area (Å²) in [7, 11) is 0. The Bertz CT molecular complexity index is 936. The van der Waals surface area contributed by atoms with Crippen molar-refractivity contribution in [3.8, 4) is 0 Å². The van der Waals surface area contributed by atoms with Crippen LogP contribution in [-0.4, -0.2) is 16.6 Å². The quantitative estimate of drug-likeness (QED) is 0.381. The predicted molar refractivity (Wildman–Crippen MR) is 112 cm³/mol. The number of halogens is 6. The SMILES string of the molecule is CC1(C)CN(C(=S)Nc2cc(C(F)(F)F)cc(C(F)(F)F)c2)[C@](C)(c2ccccc2)C1. The molecule has 9 heteroatoms. The summed E-state index contributed by atoms with van der Waals surface area (Å²) in [6, 6.07) is 10.9. The minimum atomic E-state index is -4.92. The van der Waals surface area contributed by atoms with Crippen LogP contribution in [0.2, 0.25) is 0 Å². The average molecular weight is 460 g/mol. The molecule has 2 aromatic rings. The summed E-state index contributed by atoms with van der Waals surface area (Å²) in [4.78, 5) is 1.84. The van der Waals surface area contributed by atoms with Gasteiger partial charge in [-0.2, -0.15) is 26.3 Å². The molecule has 0 saturated carbocycles. The van der Waals surface area contributed by atoms with Gasteiger partial charge in [0.15, 0.2) is 5.11 Å². The first-order valence-corrected chi connectivity index (χ1v) is 9.96.